The van der Waals surface area contributed by atoms with Gasteiger partial charge in [0.15, 0.2) is 5.78 Å². The van der Waals surface area contributed by atoms with E-state index in [1.54, 1.807) is 6.08 Å². The van der Waals surface area contributed by atoms with E-state index in [2.05, 4.69) is 0 Å². The van der Waals surface area contributed by atoms with E-state index >= 15 is 0 Å². The second-order valence-electron chi connectivity index (χ2n) is 5.82. The van der Waals surface area contributed by atoms with Crippen molar-refractivity contribution in [2.45, 2.75) is 39.7 Å². The van der Waals surface area contributed by atoms with Crippen LogP contribution >= 0.6 is 0 Å². The molecule has 0 radical (unpaired) electrons. The summed E-state index contributed by atoms with van der Waals surface area (Å²) in [5.74, 6) is 0.246. The molecule has 0 spiro atoms. The van der Waals surface area contributed by atoms with Crippen molar-refractivity contribution in [3.63, 3.8) is 0 Å². The number of ketones is 1. The Hall–Kier alpha value is -1.38. The molecule has 96 valence electrons. The summed E-state index contributed by atoms with van der Waals surface area (Å²) in [5, 5.41) is 0. The first-order valence-electron chi connectivity index (χ1n) is 6.63. The van der Waals surface area contributed by atoms with E-state index in [1.807, 2.05) is 20.8 Å². The molecule has 1 fully saturated rings. The molecule has 2 aliphatic carbocycles. The zero-order valence-corrected chi connectivity index (χ0v) is 11.0. The number of carbonyl (C=O) groups is 2. The van der Waals surface area contributed by atoms with E-state index in [0.29, 0.717) is 0 Å². The summed E-state index contributed by atoms with van der Waals surface area (Å²) in [5.41, 5.74) is 3.12. The summed E-state index contributed by atoms with van der Waals surface area (Å²) in [7, 11) is 0. The largest absolute Gasteiger partial charge is 0.461 e. The van der Waals surface area contributed by atoms with Crippen LogP contribution in [0, 0.1) is 17.8 Å². The van der Waals surface area contributed by atoms with Crippen LogP contribution in [0.15, 0.2) is 22.8 Å². The van der Waals surface area contributed by atoms with E-state index < -0.39 is 0 Å². The van der Waals surface area contributed by atoms with Crippen molar-refractivity contribution >= 4 is 11.8 Å². The lowest BCUT2D eigenvalue weighted by Gasteiger charge is -2.24. The Labute approximate surface area is 107 Å². The lowest BCUT2D eigenvalue weighted by Crippen LogP contribution is -2.28. The highest BCUT2D eigenvalue weighted by Crippen LogP contribution is 2.47. The molecule has 18 heavy (non-hydrogen) atoms. The minimum Gasteiger partial charge on any atom is -0.461 e. The Morgan fingerprint density at radius 1 is 1.28 bits per heavy atom. The molecule has 3 heteroatoms. The average Bonchev–Trinajstić information content (AvgIpc) is 2.68. The van der Waals surface area contributed by atoms with Crippen LogP contribution in [0.5, 0.6) is 0 Å². The molecule has 4 atom stereocenters. The van der Waals surface area contributed by atoms with Crippen molar-refractivity contribution in [1.29, 1.82) is 0 Å². The Bertz CT molecular complexity index is 498. The standard InChI is InChI=1S/C15H18O3/c1-7-4-5-10-9(3)15(17)18-14(10)13-8(2)6-11(16)12(7)13/h6,9-10,13-14H,4-5H2,1-3H3/t9-,10+,13+,14-/m1/s1. The van der Waals surface area contributed by atoms with Gasteiger partial charge in [0.2, 0.25) is 0 Å². The zero-order chi connectivity index (χ0) is 13.0. The van der Waals surface area contributed by atoms with E-state index in [-0.39, 0.29) is 35.6 Å². The Morgan fingerprint density at radius 3 is 2.72 bits per heavy atom. The molecule has 0 saturated carbocycles. The number of esters is 1. The van der Waals surface area contributed by atoms with Gasteiger partial charge in [0.25, 0.3) is 0 Å². The van der Waals surface area contributed by atoms with Gasteiger partial charge in [-0.15, -0.1) is 0 Å². The summed E-state index contributed by atoms with van der Waals surface area (Å²) >= 11 is 0. The first-order valence-corrected chi connectivity index (χ1v) is 6.63. The van der Waals surface area contributed by atoms with Crippen molar-refractivity contribution in [2.75, 3.05) is 0 Å². The summed E-state index contributed by atoms with van der Waals surface area (Å²) in [6.07, 6.45) is 3.44. The van der Waals surface area contributed by atoms with Gasteiger partial charge < -0.3 is 4.74 Å². The number of rotatable bonds is 0. The van der Waals surface area contributed by atoms with Crippen LogP contribution in [0.3, 0.4) is 0 Å². The van der Waals surface area contributed by atoms with Crippen LogP contribution in [-0.4, -0.2) is 17.9 Å². The molecule has 0 aromatic heterocycles. The van der Waals surface area contributed by atoms with Gasteiger partial charge >= 0.3 is 5.97 Å². The van der Waals surface area contributed by atoms with Crippen LogP contribution in [0.1, 0.15) is 33.6 Å². The molecule has 1 heterocycles. The molecule has 0 unspecified atom stereocenters. The lowest BCUT2D eigenvalue weighted by molar-refractivity contribution is -0.144. The van der Waals surface area contributed by atoms with Gasteiger partial charge in [0.1, 0.15) is 6.10 Å². The Kier molecular flexibility index (Phi) is 2.47. The number of ether oxygens (including phenoxy) is 1. The van der Waals surface area contributed by atoms with Crippen molar-refractivity contribution in [3.05, 3.63) is 22.8 Å². The van der Waals surface area contributed by atoms with Crippen LogP contribution in [0.2, 0.25) is 0 Å². The van der Waals surface area contributed by atoms with E-state index in [1.165, 1.54) is 5.57 Å². The number of hydrogen-bond acceptors (Lipinski definition) is 3. The minimum atomic E-state index is -0.123. The minimum absolute atomic E-state index is 0.0129. The van der Waals surface area contributed by atoms with Crippen molar-refractivity contribution < 1.29 is 14.3 Å². The van der Waals surface area contributed by atoms with Gasteiger partial charge in [0, 0.05) is 17.4 Å². The molecule has 1 saturated heterocycles. The zero-order valence-electron chi connectivity index (χ0n) is 11.0. The third-order valence-corrected chi connectivity index (χ3v) is 4.76. The molecule has 0 N–H and O–H groups in total. The second-order valence-corrected chi connectivity index (χ2v) is 5.82. The fraction of sp³-hybridized carbons (Fsp3) is 0.600. The van der Waals surface area contributed by atoms with Crippen molar-refractivity contribution in [1.82, 2.24) is 0 Å². The Morgan fingerprint density at radius 2 is 2.00 bits per heavy atom. The number of carbonyl (C=O) groups excluding carboxylic acids is 2. The third-order valence-electron chi connectivity index (χ3n) is 4.76. The van der Waals surface area contributed by atoms with Gasteiger partial charge in [0.05, 0.1) is 5.92 Å². The fourth-order valence-corrected chi connectivity index (χ4v) is 3.69. The summed E-state index contributed by atoms with van der Waals surface area (Å²) in [6.45, 7) is 5.96. The van der Waals surface area contributed by atoms with Gasteiger partial charge in [-0.05, 0) is 32.8 Å². The summed E-state index contributed by atoms with van der Waals surface area (Å²) < 4.78 is 5.57. The molecule has 3 rings (SSSR count). The van der Waals surface area contributed by atoms with Gasteiger partial charge in [-0.3, -0.25) is 9.59 Å². The molecule has 1 aliphatic heterocycles. The molecule has 0 aromatic carbocycles. The quantitative estimate of drug-likeness (QED) is 0.616. The lowest BCUT2D eigenvalue weighted by atomic mass is 9.81. The van der Waals surface area contributed by atoms with Gasteiger partial charge in [-0.25, -0.2) is 0 Å². The number of fused-ring (bicyclic) bond motifs is 3. The fourth-order valence-electron chi connectivity index (χ4n) is 3.69. The predicted molar refractivity (Wildman–Crippen MR) is 66.7 cm³/mol. The molecule has 0 amide bonds. The first kappa shape index (κ1) is 11.7. The third kappa shape index (κ3) is 1.43. The normalized spacial score (nSPS) is 39.2. The van der Waals surface area contributed by atoms with Gasteiger partial charge in [-0.2, -0.15) is 0 Å². The summed E-state index contributed by atoms with van der Waals surface area (Å²) in [6, 6.07) is 0. The first-order chi connectivity index (χ1) is 8.50. The van der Waals surface area contributed by atoms with Crippen LogP contribution in [0.25, 0.3) is 0 Å². The topological polar surface area (TPSA) is 43.4 Å². The van der Waals surface area contributed by atoms with Crippen molar-refractivity contribution in [2.24, 2.45) is 17.8 Å². The van der Waals surface area contributed by atoms with E-state index in [4.69, 9.17) is 4.74 Å². The molecular formula is C15H18O3. The highest BCUT2D eigenvalue weighted by atomic mass is 16.6. The molecular weight excluding hydrogens is 228 g/mol. The maximum atomic E-state index is 12.1. The van der Waals surface area contributed by atoms with E-state index in [9.17, 15) is 9.59 Å². The molecule has 3 aliphatic rings. The average molecular weight is 246 g/mol. The molecule has 3 nitrogen and oxygen atoms in total. The maximum absolute atomic E-state index is 12.1. The predicted octanol–water partition coefficient (Wildman–Crippen LogP) is 2.42. The smallest absolute Gasteiger partial charge is 0.309 e. The molecule has 0 aromatic rings. The SMILES string of the molecule is CC1=CC(=O)C2=C(C)CC[C@@H]3[C@@H](OC(=O)[C@@H]3C)[C@@H]12. The Balaban J connectivity index is 2.07. The van der Waals surface area contributed by atoms with Crippen molar-refractivity contribution in [3.8, 4) is 0 Å². The van der Waals surface area contributed by atoms with Gasteiger partial charge in [-0.1, -0.05) is 18.1 Å². The van der Waals surface area contributed by atoms with Crippen LogP contribution in [-0.2, 0) is 14.3 Å². The molecule has 0 bridgehead atoms. The number of hydrogen-bond donors (Lipinski definition) is 0. The van der Waals surface area contributed by atoms with Crippen LogP contribution in [0.4, 0.5) is 0 Å². The maximum Gasteiger partial charge on any atom is 0.309 e. The second kappa shape index (κ2) is 3.81. The highest BCUT2D eigenvalue weighted by Gasteiger charge is 2.50. The van der Waals surface area contributed by atoms with E-state index in [0.717, 1.165) is 24.0 Å². The number of allylic oxidation sites excluding steroid dienone is 2. The van der Waals surface area contributed by atoms with Crippen LogP contribution < -0.4 is 0 Å². The monoisotopic (exact) mass is 246 g/mol. The summed E-state index contributed by atoms with van der Waals surface area (Å²) in [4.78, 5) is 23.8. The highest BCUT2D eigenvalue weighted by molar-refractivity contribution is 6.09.